The van der Waals surface area contributed by atoms with Gasteiger partial charge in [0, 0.05) is 55.7 Å². The van der Waals surface area contributed by atoms with E-state index in [0.29, 0.717) is 64.6 Å². The zero-order valence-corrected chi connectivity index (χ0v) is 31.1. The van der Waals surface area contributed by atoms with E-state index < -0.39 is 23.9 Å². The number of ketones is 2. The van der Waals surface area contributed by atoms with E-state index in [0.717, 1.165) is 23.2 Å². The SMILES string of the molecule is Cc1c[nH]c(=O)n1C1CCN(C(=O)[C@@H](CCCCN)CC(=O)[C@@H](CC(C)C)NC(=O)[C@H](CC(=O)[C@H](N)Cc2ccccc2)Cc2ccccc2)CC1. The van der Waals surface area contributed by atoms with E-state index in [4.69, 9.17) is 11.5 Å². The summed E-state index contributed by atoms with van der Waals surface area (Å²) in [6.45, 7) is 7.36. The molecule has 1 fully saturated rings. The largest absolute Gasteiger partial charge is 0.346 e. The first-order chi connectivity index (χ1) is 25.0. The fraction of sp³-hybridized carbons (Fsp3) is 0.537. The molecule has 1 saturated heterocycles. The number of carbonyl (C=O) groups is 4. The molecule has 2 amide bonds. The molecule has 0 spiro atoms. The maximum Gasteiger partial charge on any atom is 0.325 e. The summed E-state index contributed by atoms with van der Waals surface area (Å²) in [6, 6.07) is 17.5. The first-order valence-corrected chi connectivity index (χ1v) is 18.9. The Morgan fingerprint density at radius 2 is 1.46 bits per heavy atom. The third kappa shape index (κ3) is 11.8. The predicted octanol–water partition coefficient (Wildman–Crippen LogP) is 4.27. The number of benzene rings is 2. The van der Waals surface area contributed by atoms with Crippen molar-refractivity contribution in [3.63, 3.8) is 0 Å². The van der Waals surface area contributed by atoms with Crippen LogP contribution in [0.2, 0.25) is 0 Å². The number of unbranched alkanes of at least 4 members (excludes halogenated alkanes) is 1. The van der Waals surface area contributed by atoms with Crippen molar-refractivity contribution in [3.8, 4) is 0 Å². The molecule has 0 radical (unpaired) electrons. The molecular weight excluding hydrogens is 656 g/mol. The number of aryl methyl sites for hydroxylation is 1. The lowest BCUT2D eigenvalue weighted by Crippen LogP contribution is -2.48. The van der Waals surface area contributed by atoms with E-state index in [9.17, 15) is 24.0 Å². The number of nitrogens with one attached hydrogen (secondary N) is 2. The van der Waals surface area contributed by atoms with Gasteiger partial charge in [0.25, 0.3) is 0 Å². The van der Waals surface area contributed by atoms with Crippen LogP contribution in [-0.4, -0.2) is 69.5 Å². The number of rotatable bonds is 20. The van der Waals surface area contributed by atoms with Crippen LogP contribution in [0, 0.1) is 24.7 Å². The zero-order chi connectivity index (χ0) is 37.6. The smallest absolute Gasteiger partial charge is 0.325 e. The second-order valence-corrected chi connectivity index (χ2v) is 14.9. The summed E-state index contributed by atoms with van der Waals surface area (Å²) >= 11 is 0. The normalized spacial score (nSPS) is 15.9. The van der Waals surface area contributed by atoms with E-state index in [1.807, 2.05) is 86.3 Å². The molecule has 3 aromatic rings. The molecule has 0 aliphatic carbocycles. The van der Waals surface area contributed by atoms with Gasteiger partial charge in [-0.1, -0.05) is 80.9 Å². The first-order valence-electron chi connectivity index (χ1n) is 18.9. The van der Waals surface area contributed by atoms with Gasteiger partial charge >= 0.3 is 5.69 Å². The van der Waals surface area contributed by atoms with Crippen LogP contribution in [0.1, 0.15) is 88.1 Å². The summed E-state index contributed by atoms with van der Waals surface area (Å²) in [7, 11) is 0. The minimum Gasteiger partial charge on any atom is -0.346 e. The Morgan fingerprint density at radius 1 is 0.865 bits per heavy atom. The predicted molar refractivity (Wildman–Crippen MR) is 203 cm³/mol. The number of hydrogen-bond donors (Lipinski definition) is 4. The molecule has 6 N–H and O–H groups in total. The minimum absolute atomic E-state index is 0.00160. The Bertz CT molecular complexity index is 1640. The summed E-state index contributed by atoms with van der Waals surface area (Å²) in [6.07, 6.45) is 6.02. The minimum atomic E-state index is -0.808. The standard InChI is InChI=1S/C41H58N6O5/c1-28(2)22-36(45-39(50)33(23-30-12-6-4-7-13-30)26-37(48)35(43)24-31-14-8-5-9-15-31)38(49)25-32(16-10-11-19-42)40(51)46-20-17-34(18-21-46)47-29(3)27-44-41(47)52/h4-9,12-15,27-28,32-36H,10-11,16-26,42-43H2,1-3H3,(H,44,52)(H,45,50)/t32-,33-,35+,36+/m0/s1. The molecule has 1 aromatic heterocycles. The van der Waals surface area contributed by atoms with Gasteiger partial charge in [0.1, 0.15) is 0 Å². The average molecular weight is 715 g/mol. The number of Topliss-reactive ketones (excluding diaryl/α,β-unsaturated/α-hetero) is 2. The number of aromatic nitrogens is 2. The molecule has 0 bridgehead atoms. The Morgan fingerprint density at radius 3 is 2.02 bits per heavy atom. The molecule has 4 rings (SSSR count). The van der Waals surface area contributed by atoms with Gasteiger partial charge in [-0.05, 0) is 75.5 Å². The number of nitrogens with zero attached hydrogens (tertiary/aromatic N) is 2. The molecule has 11 heteroatoms. The summed E-state index contributed by atoms with van der Waals surface area (Å²) in [5.41, 5.74) is 14.7. The Hall–Kier alpha value is -4.35. The highest BCUT2D eigenvalue weighted by molar-refractivity contribution is 5.94. The van der Waals surface area contributed by atoms with Crippen molar-refractivity contribution in [1.29, 1.82) is 0 Å². The van der Waals surface area contributed by atoms with Gasteiger partial charge in [-0.3, -0.25) is 23.7 Å². The van der Waals surface area contributed by atoms with Crippen LogP contribution >= 0.6 is 0 Å². The van der Waals surface area contributed by atoms with E-state index in [1.165, 1.54) is 0 Å². The fourth-order valence-electron chi connectivity index (χ4n) is 7.32. The van der Waals surface area contributed by atoms with Crippen LogP contribution in [0.25, 0.3) is 0 Å². The van der Waals surface area contributed by atoms with Crippen molar-refractivity contribution < 1.29 is 19.2 Å². The molecular formula is C41H58N6O5. The van der Waals surface area contributed by atoms with Crippen molar-refractivity contribution in [2.75, 3.05) is 19.6 Å². The quantitative estimate of drug-likeness (QED) is 0.127. The van der Waals surface area contributed by atoms with Gasteiger partial charge < -0.3 is 26.7 Å². The van der Waals surface area contributed by atoms with Gasteiger partial charge in [-0.15, -0.1) is 0 Å². The molecule has 1 aliphatic heterocycles. The highest BCUT2D eigenvalue weighted by Gasteiger charge is 2.34. The number of piperidine rings is 1. The average Bonchev–Trinajstić information content (AvgIpc) is 3.47. The molecule has 11 nitrogen and oxygen atoms in total. The second kappa shape index (κ2) is 20.0. The third-order valence-corrected chi connectivity index (χ3v) is 10.2. The lowest BCUT2D eigenvalue weighted by atomic mass is 9.87. The number of carbonyl (C=O) groups excluding carboxylic acids is 4. The van der Waals surface area contributed by atoms with Crippen LogP contribution in [-0.2, 0) is 32.0 Å². The monoisotopic (exact) mass is 714 g/mol. The molecule has 2 heterocycles. The van der Waals surface area contributed by atoms with Gasteiger partial charge in [0.2, 0.25) is 11.8 Å². The summed E-state index contributed by atoms with van der Waals surface area (Å²) < 4.78 is 1.76. The molecule has 2 aromatic carbocycles. The lowest BCUT2D eigenvalue weighted by Gasteiger charge is -2.35. The van der Waals surface area contributed by atoms with Crippen molar-refractivity contribution >= 4 is 23.4 Å². The van der Waals surface area contributed by atoms with Crippen LogP contribution in [0.5, 0.6) is 0 Å². The number of amides is 2. The van der Waals surface area contributed by atoms with Crippen molar-refractivity contribution in [3.05, 3.63) is 94.2 Å². The Kier molecular flexibility index (Phi) is 15.6. The fourth-order valence-corrected chi connectivity index (χ4v) is 7.32. The van der Waals surface area contributed by atoms with Crippen LogP contribution in [0.15, 0.2) is 71.7 Å². The molecule has 0 saturated carbocycles. The van der Waals surface area contributed by atoms with E-state index in [-0.39, 0.29) is 53.9 Å². The Balaban J connectivity index is 1.46. The molecule has 282 valence electrons. The van der Waals surface area contributed by atoms with E-state index >= 15 is 0 Å². The summed E-state index contributed by atoms with van der Waals surface area (Å²) in [5.74, 6) is -2.02. The highest BCUT2D eigenvalue weighted by atomic mass is 16.2. The lowest BCUT2D eigenvalue weighted by molar-refractivity contribution is -0.140. The maximum atomic E-state index is 14.1. The zero-order valence-electron chi connectivity index (χ0n) is 31.1. The maximum absolute atomic E-state index is 14.1. The molecule has 0 unspecified atom stereocenters. The van der Waals surface area contributed by atoms with Crippen LogP contribution in [0.3, 0.4) is 0 Å². The van der Waals surface area contributed by atoms with Gasteiger partial charge in [0.15, 0.2) is 11.6 Å². The molecule has 52 heavy (non-hydrogen) atoms. The third-order valence-electron chi connectivity index (χ3n) is 10.2. The van der Waals surface area contributed by atoms with Crippen molar-refractivity contribution in [1.82, 2.24) is 19.8 Å². The number of hydrogen-bond acceptors (Lipinski definition) is 7. The van der Waals surface area contributed by atoms with E-state index in [2.05, 4.69) is 10.3 Å². The number of aromatic amines is 1. The summed E-state index contributed by atoms with van der Waals surface area (Å²) in [5, 5.41) is 3.02. The van der Waals surface area contributed by atoms with E-state index in [1.54, 1.807) is 10.8 Å². The molecule has 1 aliphatic rings. The summed E-state index contributed by atoms with van der Waals surface area (Å²) in [4.78, 5) is 72.5. The van der Waals surface area contributed by atoms with Gasteiger partial charge in [-0.2, -0.15) is 0 Å². The molecule has 4 atom stereocenters. The van der Waals surface area contributed by atoms with Crippen molar-refractivity contribution in [2.45, 2.75) is 103 Å². The number of likely N-dealkylation sites (tertiary alicyclic amines) is 1. The van der Waals surface area contributed by atoms with Crippen LogP contribution < -0.4 is 22.5 Å². The number of H-pyrrole nitrogens is 1. The highest BCUT2D eigenvalue weighted by Crippen LogP contribution is 2.27. The van der Waals surface area contributed by atoms with Crippen molar-refractivity contribution in [2.24, 2.45) is 29.2 Å². The first kappa shape index (κ1) is 40.4. The topological polar surface area (TPSA) is 173 Å². The Labute approximate surface area is 307 Å². The number of nitrogens with two attached hydrogens (primary N) is 2. The van der Waals surface area contributed by atoms with Crippen LogP contribution in [0.4, 0.5) is 0 Å². The second-order valence-electron chi connectivity index (χ2n) is 14.9. The van der Waals surface area contributed by atoms with Gasteiger partial charge in [-0.25, -0.2) is 4.79 Å². The van der Waals surface area contributed by atoms with Gasteiger partial charge in [0.05, 0.1) is 12.1 Å². The number of imidazole rings is 1.